The van der Waals surface area contributed by atoms with E-state index in [1.54, 1.807) is 6.07 Å². The average Bonchev–Trinajstić information content (AvgIpc) is 3.03. The fourth-order valence-corrected chi connectivity index (χ4v) is 1.74. The van der Waals surface area contributed by atoms with Gasteiger partial charge in [0.15, 0.2) is 0 Å². The Hall–Kier alpha value is -3.10. The molecular weight excluding hydrogens is 294 g/mol. The van der Waals surface area contributed by atoms with E-state index in [2.05, 4.69) is 25.9 Å². The van der Waals surface area contributed by atoms with Gasteiger partial charge < -0.3 is 10.1 Å². The van der Waals surface area contributed by atoms with Crippen LogP contribution in [0.15, 0.2) is 18.3 Å². The Labute approximate surface area is 124 Å². The van der Waals surface area contributed by atoms with Gasteiger partial charge in [0.2, 0.25) is 5.82 Å². The lowest BCUT2D eigenvalue weighted by atomic mass is 10.2. The number of aromatic amines is 1. The van der Waals surface area contributed by atoms with Crippen molar-refractivity contribution in [2.24, 2.45) is 0 Å². The molecule has 21 heavy (non-hydrogen) atoms. The second-order valence-corrected chi connectivity index (χ2v) is 4.10. The summed E-state index contributed by atoms with van der Waals surface area (Å²) in [4.78, 5) is 0. The molecule has 1 heterocycles. The Kier molecular flexibility index (Phi) is 4.34. The van der Waals surface area contributed by atoms with Gasteiger partial charge in [0.05, 0.1) is 23.4 Å². The molecule has 0 amide bonds. The number of ether oxygens (including phenoxy) is 1. The van der Waals surface area contributed by atoms with Crippen molar-refractivity contribution in [1.29, 1.82) is 10.5 Å². The zero-order valence-electron chi connectivity index (χ0n) is 10.8. The van der Waals surface area contributed by atoms with Crippen molar-refractivity contribution in [3.8, 4) is 17.9 Å². The summed E-state index contributed by atoms with van der Waals surface area (Å²) < 4.78 is 5.08. The van der Waals surface area contributed by atoms with Gasteiger partial charge in [-0.1, -0.05) is 11.6 Å². The maximum absolute atomic E-state index is 9.10. The molecule has 0 aliphatic heterocycles. The number of allylic oxidation sites excluding steroid dienone is 1. The highest BCUT2D eigenvalue weighted by molar-refractivity contribution is 6.32. The van der Waals surface area contributed by atoms with E-state index in [-0.39, 0.29) is 11.4 Å². The van der Waals surface area contributed by atoms with Gasteiger partial charge >= 0.3 is 0 Å². The van der Waals surface area contributed by atoms with Crippen molar-refractivity contribution in [2.75, 3.05) is 12.4 Å². The van der Waals surface area contributed by atoms with Crippen LogP contribution in [0.25, 0.3) is 5.57 Å². The second-order valence-electron chi connectivity index (χ2n) is 3.69. The molecule has 8 nitrogen and oxygen atoms in total. The van der Waals surface area contributed by atoms with E-state index >= 15 is 0 Å². The minimum absolute atomic E-state index is 0.143. The first-order valence-corrected chi connectivity index (χ1v) is 5.95. The van der Waals surface area contributed by atoms with Gasteiger partial charge in [0, 0.05) is 12.3 Å². The Morgan fingerprint density at radius 1 is 1.48 bits per heavy atom. The molecule has 0 unspecified atom stereocenters. The van der Waals surface area contributed by atoms with E-state index in [1.807, 2.05) is 12.1 Å². The van der Waals surface area contributed by atoms with Crippen molar-refractivity contribution in [3.63, 3.8) is 0 Å². The molecular formula is C12H8ClN7O. The molecule has 2 rings (SSSR count). The van der Waals surface area contributed by atoms with E-state index in [0.717, 1.165) is 0 Å². The lowest BCUT2D eigenvalue weighted by molar-refractivity contribution is 0.415. The summed E-state index contributed by atoms with van der Waals surface area (Å²) in [6, 6.07) is 6.95. The number of hydrogen-bond acceptors (Lipinski definition) is 7. The van der Waals surface area contributed by atoms with E-state index in [9.17, 15) is 0 Å². The van der Waals surface area contributed by atoms with Crippen LogP contribution < -0.4 is 10.1 Å². The maximum atomic E-state index is 9.10. The number of tetrazole rings is 1. The third-order valence-corrected chi connectivity index (χ3v) is 2.79. The number of rotatable bonds is 4. The van der Waals surface area contributed by atoms with Gasteiger partial charge in [0.25, 0.3) is 0 Å². The first-order chi connectivity index (χ1) is 10.2. The predicted octanol–water partition coefficient (Wildman–Crippen LogP) is 1.71. The third kappa shape index (κ3) is 3.08. The quantitative estimate of drug-likeness (QED) is 0.824. The van der Waals surface area contributed by atoms with Crippen LogP contribution in [0.1, 0.15) is 11.4 Å². The number of nitriles is 2. The molecule has 0 saturated heterocycles. The number of methoxy groups -OCH3 is 1. The molecule has 9 heteroatoms. The van der Waals surface area contributed by atoms with Crippen molar-refractivity contribution in [1.82, 2.24) is 20.6 Å². The summed E-state index contributed by atoms with van der Waals surface area (Å²) in [5.74, 6) is 0.550. The Morgan fingerprint density at radius 3 is 2.86 bits per heavy atom. The Bertz CT molecular complexity index is 755. The van der Waals surface area contributed by atoms with Gasteiger partial charge in [-0.05, 0) is 11.3 Å². The normalized spacial score (nSPS) is 10.6. The second kappa shape index (κ2) is 6.37. The maximum Gasteiger partial charge on any atom is 0.216 e. The largest absolute Gasteiger partial charge is 0.495 e. The standard InChI is InChI=1S/C12H8ClN7O/c1-21-11-3-10(7(4-14)2-9(11)13)16-6-8(5-15)12-17-19-20-18-12/h2-3,6,16H,1H3,(H,17,18,19,20). The minimum Gasteiger partial charge on any atom is -0.495 e. The summed E-state index contributed by atoms with van der Waals surface area (Å²) in [6.45, 7) is 0. The molecule has 0 aliphatic rings. The monoisotopic (exact) mass is 301 g/mol. The van der Waals surface area contributed by atoms with Crippen LogP contribution in [-0.2, 0) is 0 Å². The average molecular weight is 302 g/mol. The van der Waals surface area contributed by atoms with Crippen LogP contribution >= 0.6 is 11.6 Å². The summed E-state index contributed by atoms with van der Waals surface area (Å²) in [6.07, 6.45) is 1.37. The van der Waals surface area contributed by atoms with Crippen LogP contribution in [0.3, 0.4) is 0 Å². The van der Waals surface area contributed by atoms with Crippen LogP contribution in [0.5, 0.6) is 5.75 Å². The first kappa shape index (κ1) is 14.3. The van der Waals surface area contributed by atoms with Crippen molar-refractivity contribution in [2.45, 2.75) is 0 Å². The van der Waals surface area contributed by atoms with Crippen molar-refractivity contribution >= 4 is 22.9 Å². The fraction of sp³-hybridized carbons (Fsp3) is 0.0833. The van der Waals surface area contributed by atoms with Crippen LogP contribution in [0, 0.1) is 22.7 Å². The molecule has 2 N–H and O–H groups in total. The molecule has 0 atom stereocenters. The number of H-pyrrole nitrogens is 1. The van der Waals surface area contributed by atoms with Crippen LogP contribution in [-0.4, -0.2) is 27.7 Å². The van der Waals surface area contributed by atoms with Gasteiger partial charge in [-0.25, -0.2) is 0 Å². The molecule has 0 aliphatic carbocycles. The topological polar surface area (TPSA) is 123 Å². The van der Waals surface area contributed by atoms with Crippen LogP contribution in [0.2, 0.25) is 5.02 Å². The molecule has 0 saturated carbocycles. The lowest BCUT2D eigenvalue weighted by Gasteiger charge is -2.08. The molecule has 2 aromatic rings. The zero-order chi connectivity index (χ0) is 15.2. The molecule has 0 fully saturated rings. The fourth-order valence-electron chi connectivity index (χ4n) is 1.49. The highest BCUT2D eigenvalue weighted by Crippen LogP contribution is 2.31. The first-order valence-electron chi connectivity index (χ1n) is 5.58. The predicted molar refractivity (Wildman–Crippen MR) is 74.1 cm³/mol. The van der Waals surface area contributed by atoms with E-state index in [4.69, 9.17) is 26.9 Å². The summed E-state index contributed by atoms with van der Waals surface area (Å²) >= 11 is 5.95. The number of nitrogens with one attached hydrogen (secondary N) is 2. The van der Waals surface area contributed by atoms with Gasteiger partial charge in [-0.2, -0.15) is 15.7 Å². The Morgan fingerprint density at radius 2 is 2.29 bits per heavy atom. The molecule has 0 bridgehead atoms. The SMILES string of the molecule is COc1cc(NC=C(C#N)c2nn[nH]n2)c(C#N)cc1Cl. The molecule has 104 valence electrons. The van der Waals surface area contributed by atoms with Crippen molar-refractivity contribution < 1.29 is 4.74 Å². The van der Waals surface area contributed by atoms with E-state index in [1.165, 1.54) is 19.4 Å². The van der Waals surface area contributed by atoms with Gasteiger partial charge in [0.1, 0.15) is 23.5 Å². The molecule has 0 spiro atoms. The van der Waals surface area contributed by atoms with E-state index in [0.29, 0.717) is 22.0 Å². The lowest BCUT2D eigenvalue weighted by Crippen LogP contribution is -1.97. The van der Waals surface area contributed by atoms with Crippen LogP contribution in [0.4, 0.5) is 5.69 Å². The molecule has 1 aromatic heterocycles. The third-order valence-electron chi connectivity index (χ3n) is 2.49. The highest BCUT2D eigenvalue weighted by atomic mass is 35.5. The van der Waals surface area contributed by atoms with Crippen molar-refractivity contribution in [3.05, 3.63) is 34.7 Å². The summed E-state index contributed by atoms with van der Waals surface area (Å²) in [5.41, 5.74) is 0.902. The highest BCUT2D eigenvalue weighted by Gasteiger charge is 2.10. The minimum atomic E-state index is 0.143. The summed E-state index contributed by atoms with van der Waals surface area (Å²) in [5, 5.41) is 34.3. The molecule has 0 radical (unpaired) electrons. The van der Waals surface area contributed by atoms with Gasteiger partial charge in [-0.3, -0.25) is 0 Å². The zero-order valence-corrected chi connectivity index (χ0v) is 11.5. The smallest absolute Gasteiger partial charge is 0.216 e. The number of anilines is 1. The molecule has 1 aromatic carbocycles. The number of benzene rings is 1. The number of nitrogens with zero attached hydrogens (tertiary/aromatic N) is 5. The number of hydrogen-bond donors (Lipinski definition) is 2. The van der Waals surface area contributed by atoms with Gasteiger partial charge in [-0.15, -0.1) is 10.2 Å². The van der Waals surface area contributed by atoms with E-state index < -0.39 is 0 Å². The number of aromatic nitrogens is 4. The summed E-state index contributed by atoms with van der Waals surface area (Å²) in [7, 11) is 1.47. The number of halogens is 1. The Balaban J connectivity index is 2.35.